The average Bonchev–Trinajstić information content (AvgIpc) is 3.13. The summed E-state index contributed by atoms with van der Waals surface area (Å²) in [4.78, 5) is 11.7. The van der Waals surface area contributed by atoms with Crippen LogP contribution in [0.1, 0.15) is 50.1 Å². The third-order valence-electron chi connectivity index (χ3n) is 4.55. The van der Waals surface area contributed by atoms with Gasteiger partial charge in [-0.1, -0.05) is 44.2 Å². The molecule has 0 amide bonds. The topological polar surface area (TPSA) is 49.8 Å². The van der Waals surface area contributed by atoms with Crippen molar-refractivity contribution in [1.82, 2.24) is 15.2 Å². The van der Waals surface area contributed by atoms with Gasteiger partial charge in [-0.05, 0) is 19.4 Å². The van der Waals surface area contributed by atoms with Gasteiger partial charge in [0.05, 0.1) is 18.8 Å². The minimum Gasteiger partial charge on any atom is -0.375 e. The summed E-state index contributed by atoms with van der Waals surface area (Å²) in [6.45, 7) is 10.8. The second kappa shape index (κ2) is 11.7. The van der Waals surface area contributed by atoms with Crippen LogP contribution in [0, 0.1) is 0 Å². The Morgan fingerprint density at radius 3 is 2.61 bits per heavy atom. The van der Waals surface area contributed by atoms with E-state index in [2.05, 4.69) is 72.7 Å². The third-order valence-corrected chi connectivity index (χ3v) is 5.60. The summed E-state index contributed by atoms with van der Waals surface area (Å²) in [7, 11) is 3.76. The standard InChI is InChI=1S/C21H32N4OS.HI/c1-7-22-20(23-15-21(3,4)17-11-9-8-10-12-17)25(5)13-18-14-27-19(24-18)16(2)26-6;/h8-12,14,16H,7,13,15H2,1-6H3,(H,22,23);1H. The van der Waals surface area contributed by atoms with Gasteiger partial charge in [0.15, 0.2) is 5.96 Å². The van der Waals surface area contributed by atoms with Crippen LogP contribution in [0.3, 0.4) is 0 Å². The number of nitrogens with one attached hydrogen (secondary N) is 1. The van der Waals surface area contributed by atoms with Crippen molar-refractivity contribution < 1.29 is 4.74 Å². The molecule has 0 fully saturated rings. The second-order valence-electron chi connectivity index (χ2n) is 7.33. The Labute approximate surface area is 190 Å². The number of hydrogen-bond acceptors (Lipinski definition) is 4. The minimum atomic E-state index is -0.0233. The molecule has 1 heterocycles. The molecule has 0 radical (unpaired) electrons. The number of thiazole rings is 1. The zero-order chi connectivity index (χ0) is 19.9. The number of rotatable bonds is 8. The van der Waals surface area contributed by atoms with E-state index >= 15 is 0 Å². The monoisotopic (exact) mass is 516 g/mol. The summed E-state index contributed by atoms with van der Waals surface area (Å²) < 4.78 is 5.36. The first-order valence-electron chi connectivity index (χ1n) is 9.39. The van der Waals surface area contributed by atoms with Crippen molar-refractivity contribution in [3.05, 3.63) is 52.0 Å². The zero-order valence-electron chi connectivity index (χ0n) is 17.7. The maximum atomic E-state index is 5.36. The van der Waals surface area contributed by atoms with Gasteiger partial charge in [0, 0.05) is 31.5 Å². The molecule has 156 valence electrons. The molecule has 2 aromatic rings. The lowest BCUT2D eigenvalue weighted by molar-refractivity contribution is 0.119. The molecule has 0 saturated heterocycles. The highest BCUT2D eigenvalue weighted by atomic mass is 127. The molecule has 0 aliphatic carbocycles. The lowest BCUT2D eigenvalue weighted by Gasteiger charge is -2.26. The largest absolute Gasteiger partial charge is 0.375 e. The van der Waals surface area contributed by atoms with E-state index in [1.807, 2.05) is 13.0 Å². The van der Waals surface area contributed by atoms with E-state index in [4.69, 9.17) is 9.73 Å². The Kier molecular flexibility index (Phi) is 10.4. The molecule has 28 heavy (non-hydrogen) atoms. The van der Waals surface area contributed by atoms with Gasteiger partial charge in [0.2, 0.25) is 0 Å². The van der Waals surface area contributed by atoms with Crippen molar-refractivity contribution >= 4 is 41.3 Å². The van der Waals surface area contributed by atoms with Crippen LogP contribution in [0.25, 0.3) is 0 Å². The predicted octanol–water partition coefficient (Wildman–Crippen LogP) is 4.84. The fourth-order valence-electron chi connectivity index (χ4n) is 2.72. The first-order valence-corrected chi connectivity index (χ1v) is 10.3. The van der Waals surface area contributed by atoms with E-state index in [-0.39, 0.29) is 35.5 Å². The lowest BCUT2D eigenvalue weighted by Crippen LogP contribution is -2.39. The van der Waals surface area contributed by atoms with E-state index in [0.717, 1.165) is 23.2 Å². The van der Waals surface area contributed by atoms with Crippen LogP contribution >= 0.6 is 35.3 Å². The molecule has 1 aromatic carbocycles. The van der Waals surface area contributed by atoms with Crippen molar-refractivity contribution in [3.8, 4) is 0 Å². The molecule has 0 saturated carbocycles. The van der Waals surface area contributed by atoms with E-state index in [1.54, 1.807) is 18.4 Å². The molecular formula is C21H33IN4OS. The molecule has 2 rings (SSSR count). The summed E-state index contributed by atoms with van der Waals surface area (Å²) in [5, 5.41) is 6.50. The van der Waals surface area contributed by atoms with Gasteiger partial charge in [-0.25, -0.2) is 4.98 Å². The summed E-state index contributed by atoms with van der Waals surface area (Å²) in [5.41, 5.74) is 2.31. The molecule has 1 aromatic heterocycles. The van der Waals surface area contributed by atoms with Crippen LogP contribution in [0.5, 0.6) is 0 Å². The summed E-state index contributed by atoms with van der Waals surface area (Å²) >= 11 is 1.64. The molecular weight excluding hydrogens is 483 g/mol. The third kappa shape index (κ3) is 7.00. The minimum absolute atomic E-state index is 0. The normalized spacial score (nSPS) is 13.0. The summed E-state index contributed by atoms with van der Waals surface area (Å²) in [5.74, 6) is 0.899. The first-order chi connectivity index (χ1) is 12.9. The predicted molar refractivity (Wildman–Crippen MR) is 130 cm³/mol. The van der Waals surface area contributed by atoms with Gasteiger partial charge in [-0.15, -0.1) is 35.3 Å². The number of aromatic nitrogens is 1. The highest BCUT2D eigenvalue weighted by Crippen LogP contribution is 2.23. The van der Waals surface area contributed by atoms with Gasteiger partial charge in [0.1, 0.15) is 11.1 Å². The maximum Gasteiger partial charge on any atom is 0.194 e. The van der Waals surface area contributed by atoms with Crippen molar-refractivity contribution in [2.75, 3.05) is 27.2 Å². The Balaban J connectivity index is 0.00000392. The molecule has 1 atom stereocenters. The van der Waals surface area contributed by atoms with Gasteiger partial charge >= 0.3 is 0 Å². The number of nitrogens with zero attached hydrogens (tertiary/aromatic N) is 3. The number of halogens is 1. The van der Waals surface area contributed by atoms with Crippen molar-refractivity contribution in [3.63, 3.8) is 0 Å². The van der Waals surface area contributed by atoms with Crippen LogP contribution in [-0.4, -0.2) is 43.1 Å². The van der Waals surface area contributed by atoms with Gasteiger partial charge < -0.3 is 15.0 Å². The van der Waals surface area contributed by atoms with Crippen molar-refractivity contribution in [2.45, 2.75) is 45.8 Å². The highest BCUT2D eigenvalue weighted by molar-refractivity contribution is 14.0. The van der Waals surface area contributed by atoms with Crippen LogP contribution in [-0.2, 0) is 16.7 Å². The molecule has 7 heteroatoms. The average molecular weight is 516 g/mol. The van der Waals surface area contributed by atoms with Crippen LogP contribution in [0.4, 0.5) is 0 Å². The van der Waals surface area contributed by atoms with Crippen molar-refractivity contribution in [2.24, 2.45) is 4.99 Å². The van der Waals surface area contributed by atoms with Crippen LogP contribution in [0.15, 0.2) is 40.7 Å². The summed E-state index contributed by atoms with van der Waals surface area (Å²) in [6, 6.07) is 10.5. The summed E-state index contributed by atoms with van der Waals surface area (Å²) in [6.07, 6.45) is 0.0302. The number of aliphatic imine (C=N–C) groups is 1. The molecule has 0 spiro atoms. The van der Waals surface area contributed by atoms with E-state index in [9.17, 15) is 0 Å². The fraction of sp³-hybridized carbons (Fsp3) is 0.524. The number of hydrogen-bond donors (Lipinski definition) is 1. The first kappa shape index (κ1) is 24.8. The Hall–Kier alpha value is -1.19. The molecule has 1 unspecified atom stereocenters. The Morgan fingerprint density at radius 1 is 1.32 bits per heavy atom. The zero-order valence-corrected chi connectivity index (χ0v) is 20.9. The fourth-order valence-corrected chi connectivity index (χ4v) is 3.57. The van der Waals surface area contributed by atoms with E-state index in [1.165, 1.54) is 5.56 Å². The maximum absolute atomic E-state index is 5.36. The SMILES string of the molecule is CCNC(=NCC(C)(C)c1ccccc1)N(C)Cc1csc(C(C)OC)n1.I. The van der Waals surface area contributed by atoms with Gasteiger partial charge in [-0.3, -0.25) is 4.99 Å². The number of benzene rings is 1. The molecule has 0 bridgehead atoms. The Morgan fingerprint density at radius 2 is 2.00 bits per heavy atom. The highest BCUT2D eigenvalue weighted by Gasteiger charge is 2.21. The van der Waals surface area contributed by atoms with E-state index < -0.39 is 0 Å². The molecule has 0 aliphatic heterocycles. The molecule has 0 aliphatic rings. The number of methoxy groups -OCH3 is 1. The second-order valence-corrected chi connectivity index (χ2v) is 8.22. The lowest BCUT2D eigenvalue weighted by atomic mass is 9.85. The van der Waals surface area contributed by atoms with Crippen LogP contribution in [0.2, 0.25) is 0 Å². The smallest absolute Gasteiger partial charge is 0.194 e. The number of guanidine groups is 1. The molecule has 5 nitrogen and oxygen atoms in total. The van der Waals surface area contributed by atoms with Gasteiger partial charge in [0.25, 0.3) is 0 Å². The number of ether oxygens (including phenoxy) is 1. The quantitative estimate of drug-likeness (QED) is 0.310. The van der Waals surface area contributed by atoms with E-state index in [0.29, 0.717) is 13.1 Å². The van der Waals surface area contributed by atoms with Crippen LogP contribution < -0.4 is 5.32 Å². The van der Waals surface area contributed by atoms with Gasteiger partial charge in [-0.2, -0.15) is 0 Å². The Bertz CT molecular complexity index is 733. The molecule has 1 N–H and O–H groups in total. The van der Waals surface area contributed by atoms with Crippen molar-refractivity contribution in [1.29, 1.82) is 0 Å².